The van der Waals surface area contributed by atoms with Gasteiger partial charge in [-0.1, -0.05) is 6.07 Å². The lowest BCUT2D eigenvalue weighted by atomic mass is 9.91. The highest BCUT2D eigenvalue weighted by atomic mass is 19.1. The van der Waals surface area contributed by atoms with E-state index in [9.17, 15) is 14.3 Å². The summed E-state index contributed by atoms with van der Waals surface area (Å²) in [5, 5.41) is 13.0. The van der Waals surface area contributed by atoms with Crippen molar-refractivity contribution in [1.29, 1.82) is 0 Å². The molecule has 2 heterocycles. The fourth-order valence-corrected chi connectivity index (χ4v) is 2.85. The Balaban J connectivity index is 1.53. The average molecular weight is 318 g/mol. The van der Waals surface area contributed by atoms with Gasteiger partial charge in [0, 0.05) is 31.2 Å². The summed E-state index contributed by atoms with van der Waals surface area (Å²) in [6, 6.07) is 5.56. The first-order chi connectivity index (χ1) is 11.1. The molecule has 0 unspecified atom stereocenters. The number of aliphatic hydroxyl groups excluding tert-OH is 1. The van der Waals surface area contributed by atoms with Crippen molar-refractivity contribution in [3.8, 4) is 0 Å². The predicted octanol–water partition coefficient (Wildman–Crippen LogP) is 2.53. The fourth-order valence-electron chi connectivity index (χ4n) is 2.85. The Labute approximate surface area is 133 Å². The number of aliphatic hydroxyl groups is 1. The molecule has 2 aromatic rings. The Kier molecular flexibility index (Phi) is 4.57. The minimum atomic E-state index is -0.640. The zero-order valence-corrected chi connectivity index (χ0v) is 12.6. The van der Waals surface area contributed by atoms with E-state index in [0.29, 0.717) is 37.4 Å². The van der Waals surface area contributed by atoms with Crippen LogP contribution in [0.5, 0.6) is 0 Å². The van der Waals surface area contributed by atoms with Crippen molar-refractivity contribution in [1.82, 2.24) is 14.9 Å². The zero-order chi connectivity index (χ0) is 16.2. The minimum Gasteiger partial charge on any atom is -0.385 e. The van der Waals surface area contributed by atoms with E-state index >= 15 is 0 Å². The highest BCUT2D eigenvalue weighted by Gasteiger charge is 2.29. The predicted molar refractivity (Wildman–Crippen MR) is 83.3 cm³/mol. The van der Waals surface area contributed by atoms with Crippen molar-refractivity contribution in [2.45, 2.75) is 18.9 Å². The first-order valence-corrected chi connectivity index (χ1v) is 7.62. The van der Waals surface area contributed by atoms with Crippen LogP contribution in [0.1, 0.15) is 24.8 Å². The van der Waals surface area contributed by atoms with Crippen LogP contribution in [0.25, 0.3) is 0 Å². The molecule has 1 aliphatic rings. The van der Waals surface area contributed by atoms with Crippen LogP contribution in [-0.4, -0.2) is 39.1 Å². The summed E-state index contributed by atoms with van der Waals surface area (Å²) < 4.78 is 13.1. The zero-order valence-electron chi connectivity index (χ0n) is 12.6. The number of carbonyl (C=O) groups is 1. The number of urea groups is 1. The lowest BCUT2D eigenvalue weighted by Gasteiger charge is -2.33. The number of nitrogens with zero attached hydrogens (tertiary/aromatic N) is 2. The third-order valence-corrected chi connectivity index (χ3v) is 4.15. The number of rotatable bonds is 3. The molecule has 1 fully saturated rings. The molecule has 7 heteroatoms. The van der Waals surface area contributed by atoms with E-state index in [1.165, 1.54) is 12.1 Å². The molecule has 0 radical (unpaired) electrons. The second-order valence-corrected chi connectivity index (χ2v) is 5.68. The molecule has 2 amide bonds. The molecule has 0 bridgehead atoms. The molecule has 0 spiro atoms. The summed E-state index contributed by atoms with van der Waals surface area (Å²) in [4.78, 5) is 20.9. The smallest absolute Gasteiger partial charge is 0.321 e. The van der Waals surface area contributed by atoms with E-state index in [0.717, 1.165) is 0 Å². The normalized spacial score (nSPS) is 17.0. The second-order valence-electron chi connectivity index (χ2n) is 5.68. The van der Waals surface area contributed by atoms with Gasteiger partial charge in [-0.2, -0.15) is 0 Å². The third-order valence-electron chi connectivity index (χ3n) is 4.15. The van der Waals surface area contributed by atoms with Gasteiger partial charge in [-0.05, 0) is 37.0 Å². The summed E-state index contributed by atoms with van der Waals surface area (Å²) in [5.41, 5.74) is 0.438. The molecule has 1 aromatic heterocycles. The first kappa shape index (κ1) is 15.5. The molecule has 1 atom stereocenters. The Morgan fingerprint density at radius 3 is 2.87 bits per heavy atom. The molecular formula is C16H19FN4O2. The van der Waals surface area contributed by atoms with Gasteiger partial charge < -0.3 is 20.3 Å². The molecule has 122 valence electrons. The van der Waals surface area contributed by atoms with E-state index in [-0.39, 0.29) is 17.8 Å². The molecule has 0 aliphatic carbocycles. The van der Waals surface area contributed by atoms with E-state index in [4.69, 9.17) is 0 Å². The standard InChI is InChI=1S/C16H19FN4O2/c17-12-2-1-3-13(10-12)20-16(23)21-8-4-11(5-9-21)14(22)15-18-6-7-19-15/h1-3,6-7,10-11,14,22H,4-5,8-9H2,(H,18,19)(H,20,23)/t14-/m1/s1. The number of amides is 2. The van der Waals surface area contributed by atoms with Crippen LogP contribution in [0.4, 0.5) is 14.9 Å². The number of nitrogens with one attached hydrogen (secondary N) is 2. The van der Waals surface area contributed by atoms with Crippen molar-refractivity contribution in [2.24, 2.45) is 5.92 Å². The minimum absolute atomic E-state index is 0.0689. The van der Waals surface area contributed by atoms with Crippen molar-refractivity contribution in [3.63, 3.8) is 0 Å². The summed E-state index contributed by atoms with van der Waals surface area (Å²) in [6.07, 6.45) is 4.04. The van der Waals surface area contributed by atoms with Crippen molar-refractivity contribution in [2.75, 3.05) is 18.4 Å². The van der Waals surface area contributed by atoms with E-state index in [1.807, 2.05) is 0 Å². The Morgan fingerprint density at radius 2 is 2.22 bits per heavy atom. The number of likely N-dealkylation sites (tertiary alicyclic amines) is 1. The van der Waals surface area contributed by atoms with Gasteiger partial charge in [0.2, 0.25) is 0 Å². The summed E-state index contributed by atoms with van der Waals surface area (Å²) in [6.45, 7) is 1.09. The first-order valence-electron chi connectivity index (χ1n) is 7.62. The number of H-pyrrole nitrogens is 1. The van der Waals surface area contributed by atoms with Gasteiger partial charge in [-0.3, -0.25) is 0 Å². The molecule has 0 saturated carbocycles. The largest absolute Gasteiger partial charge is 0.385 e. The number of piperidine rings is 1. The van der Waals surface area contributed by atoms with Crippen molar-refractivity contribution in [3.05, 3.63) is 48.3 Å². The molecule has 3 rings (SSSR count). The van der Waals surface area contributed by atoms with E-state index in [1.54, 1.807) is 29.4 Å². The summed E-state index contributed by atoms with van der Waals surface area (Å²) in [7, 11) is 0. The number of imidazole rings is 1. The number of hydrogen-bond donors (Lipinski definition) is 3. The van der Waals surface area contributed by atoms with Gasteiger partial charge in [-0.15, -0.1) is 0 Å². The van der Waals surface area contributed by atoms with Crippen LogP contribution in [0.3, 0.4) is 0 Å². The van der Waals surface area contributed by atoms with Gasteiger partial charge in [0.05, 0.1) is 0 Å². The van der Waals surface area contributed by atoms with Crippen LogP contribution >= 0.6 is 0 Å². The van der Waals surface area contributed by atoms with Gasteiger partial charge in [-0.25, -0.2) is 14.2 Å². The Bertz CT molecular complexity index is 654. The third kappa shape index (κ3) is 3.68. The maximum Gasteiger partial charge on any atom is 0.321 e. The Hall–Kier alpha value is -2.41. The molecule has 23 heavy (non-hydrogen) atoms. The highest BCUT2D eigenvalue weighted by molar-refractivity contribution is 5.89. The average Bonchev–Trinajstić information content (AvgIpc) is 3.09. The van der Waals surface area contributed by atoms with Gasteiger partial charge >= 0.3 is 6.03 Å². The van der Waals surface area contributed by atoms with E-state index < -0.39 is 6.10 Å². The summed E-state index contributed by atoms with van der Waals surface area (Å²) >= 11 is 0. The van der Waals surface area contributed by atoms with Crippen LogP contribution in [-0.2, 0) is 0 Å². The molecular weight excluding hydrogens is 299 g/mol. The fraction of sp³-hybridized carbons (Fsp3) is 0.375. The number of carbonyl (C=O) groups excluding carboxylic acids is 1. The number of anilines is 1. The SMILES string of the molecule is O=C(Nc1cccc(F)c1)N1CCC([C@@H](O)c2ncc[nH]2)CC1. The number of aromatic amines is 1. The topological polar surface area (TPSA) is 81.2 Å². The van der Waals surface area contributed by atoms with Crippen LogP contribution < -0.4 is 5.32 Å². The van der Waals surface area contributed by atoms with Gasteiger partial charge in [0.15, 0.2) is 0 Å². The van der Waals surface area contributed by atoms with Crippen molar-refractivity contribution < 1.29 is 14.3 Å². The number of aromatic nitrogens is 2. The second kappa shape index (κ2) is 6.78. The molecule has 1 aromatic carbocycles. The lowest BCUT2D eigenvalue weighted by Crippen LogP contribution is -2.42. The summed E-state index contributed by atoms with van der Waals surface area (Å²) in [5.74, 6) is 0.245. The molecule has 1 saturated heterocycles. The quantitative estimate of drug-likeness (QED) is 0.813. The highest BCUT2D eigenvalue weighted by Crippen LogP contribution is 2.29. The molecule has 6 nitrogen and oxygen atoms in total. The lowest BCUT2D eigenvalue weighted by molar-refractivity contribution is 0.0625. The van der Waals surface area contributed by atoms with Crippen LogP contribution in [0, 0.1) is 11.7 Å². The maximum atomic E-state index is 13.1. The number of benzene rings is 1. The maximum absolute atomic E-state index is 13.1. The monoisotopic (exact) mass is 318 g/mol. The van der Waals surface area contributed by atoms with Crippen LogP contribution in [0.15, 0.2) is 36.7 Å². The molecule has 1 aliphatic heterocycles. The van der Waals surface area contributed by atoms with Crippen molar-refractivity contribution >= 4 is 11.7 Å². The Morgan fingerprint density at radius 1 is 1.43 bits per heavy atom. The van der Waals surface area contributed by atoms with E-state index in [2.05, 4.69) is 15.3 Å². The van der Waals surface area contributed by atoms with Crippen LogP contribution in [0.2, 0.25) is 0 Å². The number of halogens is 1. The molecule has 3 N–H and O–H groups in total. The van der Waals surface area contributed by atoms with Gasteiger partial charge in [0.25, 0.3) is 0 Å². The number of hydrogen-bond acceptors (Lipinski definition) is 3. The van der Waals surface area contributed by atoms with Gasteiger partial charge in [0.1, 0.15) is 17.7 Å².